The highest BCUT2D eigenvalue weighted by Crippen LogP contribution is 2.26. The third-order valence-corrected chi connectivity index (χ3v) is 3.55. The fourth-order valence-corrected chi connectivity index (χ4v) is 2.08. The van der Waals surface area contributed by atoms with Crippen LogP contribution in [0.2, 0.25) is 5.02 Å². The highest BCUT2D eigenvalue weighted by molar-refractivity contribution is 6.31. The Kier molecular flexibility index (Phi) is 3.94. The molecule has 0 radical (unpaired) electrons. The van der Waals surface area contributed by atoms with E-state index >= 15 is 0 Å². The van der Waals surface area contributed by atoms with Gasteiger partial charge in [0.05, 0.1) is 11.9 Å². The summed E-state index contributed by atoms with van der Waals surface area (Å²) in [4.78, 5) is 8.49. The highest BCUT2D eigenvalue weighted by Gasteiger charge is 2.11. The van der Waals surface area contributed by atoms with Crippen LogP contribution in [0.25, 0.3) is 11.5 Å². The molecule has 0 amide bonds. The molecular formula is C17H13ClN2O2. The van der Waals surface area contributed by atoms with Crippen molar-refractivity contribution in [1.29, 1.82) is 0 Å². The molecule has 110 valence electrons. The Morgan fingerprint density at radius 3 is 2.68 bits per heavy atom. The van der Waals surface area contributed by atoms with E-state index in [0.29, 0.717) is 16.6 Å². The van der Waals surface area contributed by atoms with Crippen molar-refractivity contribution in [3.8, 4) is 17.4 Å². The molecule has 5 heteroatoms. The van der Waals surface area contributed by atoms with Crippen molar-refractivity contribution < 1.29 is 9.52 Å². The van der Waals surface area contributed by atoms with Crippen molar-refractivity contribution in [2.45, 2.75) is 6.92 Å². The van der Waals surface area contributed by atoms with Gasteiger partial charge in [-0.2, -0.15) is 0 Å². The van der Waals surface area contributed by atoms with E-state index < -0.39 is 0 Å². The van der Waals surface area contributed by atoms with Gasteiger partial charge >= 0.3 is 5.95 Å². The molecular weight excluding hydrogens is 300 g/mol. The largest absolute Gasteiger partial charge is 0.479 e. The number of hydrogen-bond acceptors (Lipinski definition) is 4. The van der Waals surface area contributed by atoms with Crippen LogP contribution in [0.15, 0.2) is 57.9 Å². The molecule has 0 aliphatic carbocycles. The lowest BCUT2D eigenvalue weighted by atomic mass is 10.2. The van der Waals surface area contributed by atoms with E-state index in [1.54, 1.807) is 6.07 Å². The number of aromatic nitrogens is 1. The quantitative estimate of drug-likeness (QED) is 0.709. The summed E-state index contributed by atoms with van der Waals surface area (Å²) in [5.74, 6) is 0.0855. The van der Waals surface area contributed by atoms with E-state index in [9.17, 15) is 5.11 Å². The highest BCUT2D eigenvalue weighted by atomic mass is 35.5. The number of aryl methyl sites for hydroxylation is 1. The molecule has 1 heterocycles. The molecule has 1 aromatic heterocycles. The Balaban J connectivity index is 1.88. The summed E-state index contributed by atoms with van der Waals surface area (Å²) in [6, 6.07) is 14.8. The van der Waals surface area contributed by atoms with E-state index in [-0.39, 0.29) is 11.6 Å². The molecule has 0 saturated heterocycles. The molecule has 0 aliphatic rings. The summed E-state index contributed by atoms with van der Waals surface area (Å²) < 4.78 is 5.26. The van der Waals surface area contributed by atoms with Crippen molar-refractivity contribution >= 4 is 23.5 Å². The first-order valence-electron chi connectivity index (χ1n) is 6.69. The van der Waals surface area contributed by atoms with E-state index in [1.165, 1.54) is 6.21 Å². The van der Waals surface area contributed by atoms with Crippen LogP contribution in [-0.4, -0.2) is 16.3 Å². The first kappa shape index (κ1) is 14.4. The standard InChI is InChI=1S/C17H13ClN2O2/c1-11-7-8-13(9-14(11)18)19-10-15-17(21)22-16(20-15)12-5-3-2-4-6-12/h2-10,21H,1H3. The minimum atomic E-state index is -0.263. The number of nitrogens with zero attached hydrogens (tertiary/aromatic N) is 2. The second kappa shape index (κ2) is 6.03. The average molecular weight is 313 g/mol. The maximum Gasteiger partial charge on any atom is 0.312 e. The van der Waals surface area contributed by atoms with Crippen LogP contribution in [0.1, 0.15) is 11.3 Å². The van der Waals surface area contributed by atoms with Crippen LogP contribution in [0.5, 0.6) is 5.95 Å². The molecule has 0 saturated carbocycles. The summed E-state index contributed by atoms with van der Waals surface area (Å²) in [7, 11) is 0. The van der Waals surface area contributed by atoms with E-state index in [2.05, 4.69) is 9.98 Å². The van der Waals surface area contributed by atoms with Gasteiger partial charge < -0.3 is 9.52 Å². The zero-order valence-electron chi connectivity index (χ0n) is 11.8. The lowest BCUT2D eigenvalue weighted by Gasteiger charge is -1.97. The fraction of sp³-hybridized carbons (Fsp3) is 0.0588. The number of aliphatic imine (C=N–C) groups is 1. The molecule has 0 aliphatic heterocycles. The zero-order valence-corrected chi connectivity index (χ0v) is 12.6. The summed E-state index contributed by atoms with van der Waals surface area (Å²) in [5.41, 5.74) is 2.72. The van der Waals surface area contributed by atoms with Crippen molar-refractivity contribution in [3.05, 3.63) is 64.8 Å². The van der Waals surface area contributed by atoms with Gasteiger partial charge in [0.1, 0.15) is 0 Å². The van der Waals surface area contributed by atoms with E-state index in [0.717, 1.165) is 11.1 Å². The first-order chi connectivity index (χ1) is 10.6. The molecule has 4 nitrogen and oxygen atoms in total. The minimum Gasteiger partial charge on any atom is -0.479 e. The SMILES string of the molecule is Cc1ccc(N=Cc2nc(-c3ccccc3)oc2O)cc1Cl. The summed E-state index contributed by atoms with van der Waals surface area (Å²) in [5, 5.41) is 10.5. The van der Waals surface area contributed by atoms with E-state index in [1.807, 2.05) is 49.4 Å². The minimum absolute atomic E-state index is 0.263. The fourth-order valence-electron chi connectivity index (χ4n) is 1.91. The third-order valence-electron chi connectivity index (χ3n) is 3.15. The second-order valence-corrected chi connectivity index (χ2v) is 5.17. The van der Waals surface area contributed by atoms with Gasteiger partial charge in [0.2, 0.25) is 5.89 Å². The summed E-state index contributed by atoms with van der Waals surface area (Å²) in [6.45, 7) is 1.92. The molecule has 2 aromatic carbocycles. The molecule has 22 heavy (non-hydrogen) atoms. The van der Waals surface area contributed by atoms with Crippen LogP contribution in [0, 0.1) is 6.92 Å². The predicted molar refractivity (Wildman–Crippen MR) is 87.0 cm³/mol. The van der Waals surface area contributed by atoms with Gasteiger partial charge in [0.15, 0.2) is 5.69 Å². The molecule has 3 aromatic rings. The summed E-state index contributed by atoms with van der Waals surface area (Å²) >= 11 is 6.05. The predicted octanol–water partition coefficient (Wildman–Crippen LogP) is 4.76. The Labute approximate surface area is 132 Å². The molecule has 0 bridgehead atoms. The molecule has 0 unspecified atom stereocenters. The second-order valence-electron chi connectivity index (χ2n) is 4.77. The van der Waals surface area contributed by atoms with Crippen LogP contribution in [0.3, 0.4) is 0 Å². The molecule has 3 rings (SSSR count). The summed E-state index contributed by atoms with van der Waals surface area (Å²) in [6.07, 6.45) is 1.45. The Morgan fingerprint density at radius 2 is 1.95 bits per heavy atom. The molecule has 0 spiro atoms. The third kappa shape index (κ3) is 3.02. The monoisotopic (exact) mass is 312 g/mol. The number of oxazole rings is 1. The Hall–Kier alpha value is -2.59. The number of benzene rings is 2. The van der Waals surface area contributed by atoms with Crippen molar-refractivity contribution in [3.63, 3.8) is 0 Å². The van der Waals surface area contributed by atoms with Gasteiger partial charge in [-0.3, -0.25) is 4.99 Å². The lowest BCUT2D eigenvalue weighted by Crippen LogP contribution is -1.83. The van der Waals surface area contributed by atoms with Crippen LogP contribution in [-0.2, 0) is 0 Å². The van der Waals surface area contributed by atoms with Gasteiger partial charge in [-0.05, 0) is 36.8 Å². The molecule has 0 fully saturated rings. The number of rotatable bonds is 3. The number of aromatic hydroxyl groups is 1. The first-order valence-corrected chi connectivity index (χ1v) is 7.07. The van der Waals surface area contributed by atoms with Crippen LogP contribution in [0.4, 0.5) is 5.69 Å². The van der Waals surface area contributed by atoms with Crippen LogP contribution < -0.4 is 0 Å². The van der Waals surface area contributed by atoms with Crippen molar-refractivity contribution in [2.24, 2.45) is 4.99 Å². The van der Waals surface area contributed by atoms with Gasteiger partial charge in [-0.1, -0.05) is 35.9 Å². The van der Waals surface area contributed by atoms with Crippen molar-refractivity contribution in [1.82, 2.24) is 4.98 Å². The average Bonchev–Trinajstić information content (AvgIpc) is 2.90. The van der Waals surface area contributed by atoms with Gasteiger partial charge in [0.25, 0.3) is 0 Å². The topological polar surface area (TPSA) is 58.6 Å². The molecule has 1 N–H and O–H groups in total. The number of halogens is 1. The molecule has 0 atom stereocenters. The number of hydrogen-bond donors (Lipinski definition) is 1. The lowest BCUT2D eigenvalue weighted by molar-refractivity contribution is 0.337. The smallest absolute Gasteiger partial charge is 0.312 e. The maximum absolute atomic E-state index is 9.82. The van der Waals surface area contributed by atoms with Gasteiger partial charge in [-0.25, -0.2) is 4.98 Å². The normalized spacial score (nSPS) is 11.2. The Bertz CT molecular complexity index is 826. The van der Waals surface area contributed by atoms with E-state index in [4.69, 9.17) is 16.0 Å². The van der Waals surface area contributed by atoms with Gasteiger partial charge in [-0.15, -0.1) is 0 Å². The maximum atomic E-state index is 9.82. The van der Waals surface area contributed by atoms with Crippen LogP contribution >= 0.6 is 11.6 Å². The van der Waals surface area contributed by atoms with Gasteiger partial charge in [0, 0.05) is 10.6 Å². The Morgan fingerprint density at radius 1 is 1.18 bits per heavy atom. The van der Waals surface area contributed by atoms with Crippen molar-refractivity contribution in [2.75, 3.05) is 0 Å². The zero-order chi connectivity index (χ0) is 15.5.